The first-order valence-corrected chi connectivity index (χ1v) is 9.44. The predicted molar refractivity (Wildman–Crippen MR) is 103 cm³/mol. The summed E-state index contributed by atoms with van der Waals surface area (Å²) in [5, 5.41) is 11.7. The number of amides is 1. The Labute approximate surface area is 163 Å². The zero-order valence-electron chi connectivity index (χ0n) is 16.8. The number of hydrogen-bond acceptors (Lipinski definition) is 6. The quantitative estimate of drug-likeness (QED) is 0.739. The molecule has 1 fully saturated rings. The van der Waals surface area contributed by atoms with E-state index in [0.29, 0.717) is 30.4 Å². The maximum Gasteiger partial charge on any atom is 0.320 e. The summed E-state index contributed by atoms with van der Waals surface area (Å²) in [5.41, 5.74) is 2.14. The summed E-state index contributed by atoms with van der Waals surface area (Å²) in [6, 6.07) is 2.24. The minimum atomic E-state index is -0.188. The minimum absolute atomic E-state index is 0.0542. The van der Waals surface area contributed by atoms with Gasteiger partial charge in [0.15, 0.2) is 5.65 Å². The largest absolute Gasteiger partial charge is 0.460 e. The van der Waals surface area contributed by atoms with Gasteiger partial charge in [-0.05, 0) is 34.6 Å². The van der Waals surface area contributed by atoms with Gasteiger partial charge in [0.05, 0.1) is 17.4 Å². The maximum atomic E-state index is 11.5. The molecule has 0 aliphatic carbocycles. The molecule has 4 rings (SSSR count). The molecule has 0 saturated carbocycles. The van der Waals surface area contributed by atoms with E-state index < -0.39 is 0 Å². The van der Waals surface area contributed by atoms with Crippen LogP contribution in [0.4, 0.5) is 0 Å². The van der Waals surface area contributed by atoms with Crippen LogP contribution in [0.1, 0.15) is 39.9 Å². The van der Waals surface area contributed by atoms with E-state index in [1.807, 2.05) is 30.8 Å². The summed E-state index contributed by atoms with van der Waals surface area (Å²) < 4.78 is 9.65. The van der Waals surface area contributed by atoms with Crippen molar-refractivity contribution in [1.29, 1.82) is 0 Å². The lowest BCUT2D eigenvalue weighted by Crippen LogP contribution is -2.27. The number of aryl methyl sites for hydroxylation is 1. The van der Waals surface area contributed by atoms with Crippen molar-refractivity contribution < 1.29 is 9.53 Å². The zero-order valence-corrected chi connectivity index (χ0v) is 16.8. The molecular weight excluding hydrogens is 358 g/mol. The Morgan fingerprint density at radius 2 is 2.11 bits per heavy atom. The number of rotatable bonds is 4. The average Bonchev–Trinajstić information content (AvgIpc) is 3.32. The van der Waals surface area contributed by atoms with Crippen LogP contribution >= 0.6 is 0 Å². The lowest BCUT2D eigenvalue weighted by atomic mass is 10.0. The molecule has 1 N–H and O–H groups in total. The summed E-state index contributed by atoms with van der Waals surface area (Å²) in [6.07, 6.45) is 4.03. The second kappa shape index (κ2) is 6.57. The Bertz CT molecular complexity index is 1030. The van der Waals surface area contributed by atoms with E-state index in [1.54, 1.807) is 10.7 Å². The summed E-state index contributed by atoms with van der Waals surface area (Å²) in [6.45, 7) is 10.7. The number of nitrogens with zero attached hydrogens (tertiary/aromatic N) is 6. The van der Waals surface area contributed by atoms with Crippen molar-refractivity contribution in [1.82, 2.24) is 34.7 Å². The highest BCUT2D eigenvalue weighted by atomic mass is 16.5. The third-order valence-electron chi connectivity index (χ3n) is 4.93. The number of nitrogens with one attached hydrogen (secondary N) is 1. The number of carbonyl (C=O) groups is 1. The molecule has 9 nitrogen and oxygen atoms in total. The van der Waals surface area contributed by atoms with Gasteiger partial charge in [-0.25, -0.2) is 4.98 Å². The molecule has 4 heterocycles. The Balaban J connectivity index is 1.71. The molecule has 148 valence electrons. The van der Waals surface area contributed by atoms with Crippen LogP contribution in [0, 0.1) is 12.8 Å². The molecule has 1 amide bonds. The fourth-order valence-electron chi connectivity index (χ4n) is 3.24. The molecule has 0 aromatic carbocycles. The molecule has 0 bridgehead atoms. The third-order valence-corrected chi connectivity index (χ3v) is 4.93. The second-order valence-corrected chi connectivity index (χ2v) is 8.29. The van der Waals surface area contributed by atoms with Crippen LogP contribution in [0.15, 0.2) is 18.5 Å². The Morgan fingerprint density at radius 3 is 2.75 bits per heavy atom. The molecule has 2 atom stereocenters. The van der Waals surface area contributed by atoms with Crippen LogP contribution in [-0.2, 0) is 10.3 Å². The highest BCUT2D eigenvalue weighted by Gasteiger charge is 2.29. The minimum Gasteiger partial charge on any atom is -0.460 e. The highest BCUT2D eigenvalue weighted by Crippen LogP contribution is 2.26. The van der Waals surface area contributed by atoms with Crippen molar-refractivity contribution in [2.24, 2.45) is 5.92 Å². The van der Waals surface area contributed by atoms with Crippen LogP contribution in [0.3, 0.4) is 0 Å². The smallest absolute Gasteiger partial charge is 0.320 e. The predicted octanol–water partition coefficient (Wildman–Crippen LogP) is 1.95. The van der Waals surface area contributed by atoms with Gasteiger partial charge in [-0.1, -0.05) is 0 Å². The van der Waals surface area contributed by atoms with Gasteiger partial charge in [0.2, 0.25) is 5.91 Å². The normalized spacial score (nSPS) is 18.5. The standard InChI is InChI=1S/C19H25N7O2/c1-11(13-6-17(27)20-8-13)28-18-23-15(7-16-22-12(2)24-26(16)18)14-9-21-25(10-14)19(3,4)5/h7,9-11,13H,6,8H2,1-5H3,(H,20,27)/t11-,13-/m1/s1. The number of carbonyl (C=O) groups excluding carboxylic acids is 1. The summed E-state index contributed by atoms with van der Waals surface area (Å²) in [4.78, 5) is 20.7. The molecule has 1 aliphatic heterocycles. The maximum absolute atomic E-state index is 11.5. The molecule has 9 heteroatoms. The Hall–Kier alpha value is -2.97. The zero-order chi connectivity index (χ0) is 20.1. The molecule has 1 aliphatic rings. The molecule has 28 heavy (non-hydrogen) atoms. The molecule has 1 saturated heterocycles. The SMILES string of the molecule is Cc1nc2cc(-c3cnn(C(C)(C)C)c3)nc(O[C@H](C)[C@H]3CNC(=O)C3)n2n1. The van der Waals surface area contributed by atoms with Crippen molar-refractivity contribution in [3.05, 3.63) is 24.3 Å². The monoisotopic (exact) mass is 383 g/mol. The van der Waals surface area contributed by atoms with Crippen molar-refractivity contribution in [3.63, 3.8) is 0 Å². The number of fused-ring (bicyclic) bond motifs is 1. The molecule has 3 aromatic heterocycles. The Kier molecular flexibility index (Phi) is 4.32. The lowest BCUT2D eigenvalue weighted by Gasteiger charge is -2.19. The topological polar surface area (TPSA) is 99.2 Å². The van der Waals surface area contributed by atoms with Gasteiger partial charge >= 0.3 is 6.01 Å². The van der Waals surface area contributed by atoms with Gasteiger partial charge in [-0.15, -0.1) is 5.10 Å². The van der Waals surface area contributed by atoms with Gasteiger partial charge < -0.3 is 10.1 Å². The Morgan fingerprint density at radius 1 is 1.32 bits per heavy atom. The first-order valence-electron chi connectivity index (χ1n) is 9.44. The molecule has 0 spiro atoms. The second-order valence-electron chi connectivity index (χ2n) is 8.29. The van der Waals surface area contributed by atoms with Gasteiger partial charge in [0.25, 0.3) is 0 Å². The van der Waals surface area contributed by atoms with Gasteiger partial charge in [-0.2, -0.15) is 14.6 Å². The van der Waals surface area contributed by atoms with Crippen LogP contribution in [0.5, 0.6) is 6.01 Å². The number of ether oxygens (including phenoxy) is 1. The van der Waals surface area contributed by atoms with E-state index in [4.69, 9.17) is 4.74 Å². The van der Waals surface area contributed by atoms with E-state index in [2.05, 4.69) is 46.3 Å². The van der Waals surface area contributed by atoms with E-state index in [0.717, 1.165) is 11.3 Å². The highest BCUT2D eigenvalue weighted by molar-refractivity contribution is 5.78. The fraction of sp³-hybridized carbons (Fsp3) is 0.526. The number of aromatic nitrogens is 6. The third kappa shape index (κ3) is 3.44. The van der Waals surface area contributed by atoms with E-state index in [-0.39, 0.29) is 23.5 Å². The van der Waals surface area contributed by atoms with Gasteiger partial charge in [-0.3, -0.25) is 9.48 Å². The van der Waals surface area contributed by atoms with Crippen molar-refractivity contribution in [2.75, 3.05) is 6.54 Å². The van der Waals surface area contributed by atoms with Crippen molar-refractivity contribution >= 4 is 11.6 Å². The summed E-state index contributed by atoms with van der Waals surface area (Å²) >= 11 is 0. The molecular formula is C19H25N7O2. The number of hydrogen-bond donors (Lipinski definition) is 1. The molecule has 0 unspecified atom stereocenters. The molecule has 3 aromatic rings. The lowest BCUT2D eigenvalue weighted by molar-refractivity contribution is -0.119. The van der Waals surface area contributed by atoms with Crippen LogP contribution in [0.25, 0.3) is 16.9 Å². The van der Waals surface area contributed by atoms with Crippen LogP contribution in [0.2, 0.25) is 0 Å². The van der Waals surface area contributed by atoms with E-state index >= 15 is 0 Å². The summed E-state index contributed by atoms with van der Waals surface area (Å²) in [5.74, 6) is 0.791. The van der Waals surface area contributed by atoms with Gasteiger partial charge in [0.1, 0.15) is 11.9 Å². The van der Waals surface area contributed by atoms with Crippen LogP contribution in [-0.4, -0.2) is 47.9 Å². The fourth-order valence-corrected chi connectivity index (χ4v) is 3.24. The van der Waals surface area contributed by atoms with E-state index in [9.17, 15) is 4.79 Å². The first-order chi connectivity index (χ1) is 13.2. The van der Waals surface area contributed by atoms with Gasteiger partial charge in [0, 0.05) is 36.7 Å². The first kappa shape index (κ1) is 18.4. The van der Waals surface area contributed by atoms with Crippen LogP contribution < -0.4 is 10.1 Å². The average molecular weight is 383 g/mol. The summed E-state index contributed by atoms with van der Waals surface area (Å²) in [7, 11) is 0. The van der Waals surface area contributed by atoms with Crippen molar-refractivity contribution in [2.45, 2.75) is 52.7 Å². The van der Waals surface area contributed by atoms with Crippen molar-refractivity contribution in [3.8, 4) is 17.3 Å². The van der Waals surface area contributed by atoms with E-state index in [1.165, 1.54) is 0 Å². The molecule has 0 radical (unpaired) electrons.